The monoisotopic (exact) mass is 167 g/mol. The van der Waals surface area contributed by atoms with Crippen LogP contribution in [0.5, 0.6) is 5.88 Å². The number of nitrogens with zero attached hydrogens (tertiary/aromatic N) is 1. The summed E-state index contributed by atoms with van der Waals surface area (Å²) in [6.07, 6.45) is 1.84. The Kier molecular flexibility index (Phi) is 3.05. The van der Waals surface area contributed by atoms with Crippen molar-refractivity contribution >= 4 is 0 Å². The van der Waals surface area contributed by atoms with E-state index in [-0.39, 0.29) is 6.10 Å². The Morgan fingerprint density at radius 2 is 2.08 bits per heavy atom. The summed E-state index contributed by atoms with van der Waals surface area (Å²) in [4.78, 5) is 4.06. The minimum atomic E-state index is 0.0865. The summed E-state index contributed by atoms with van der Waals surface area (Å²) in [5.74, 6) is 0.627. The third-order valence-corrected chi connectivity index (χ3v) is 1.79. The van der Waals surface area contributed by atoms with Gasteiger partial charge in [-0.3, -0.25) is 0 Å². The van der Waals surface area contributed by atoms with E-state index in [4.69, 9.17) is 9.47 Å². The molecule has 12 heavy (non-hydrogen) atoms. The molecule has 0 aliphatic rings. The summed E-state index contributed by atoms with van der Waals surface area (Å²) in [6.45, 7) is 1.98. The Morgan fingerprint density at radius 3 is 2.50 bits per heavy atom. The minimum absolute atomic E-state index is 0.0865. The van der Waals surface area contributed by atoms with Crippen LogP contribution in [-0.2, 0) is 4.74 Å². The van der Waals surface area contributed by atoms with Gasteiger partial charge in [0.25, 0.3) is 0 Å². The minimum Gasteiger partial charge on any atom is -0.481 e. The zero-order valence-corrected chi connectivity index (χ0v) is 7.57. The highest BCUT2D eigenvalue weighted by Crippen LogP contribution is 2.16. The van der Waals surface area contributed by atoms with Gasteiger partial charge in [0.15, 0.2) is 0 Å². The van der Waals surface area contributed by atoms with Crippen LogP contribution in [0.1, 0.15) is 18.6 Å². The van der Waals surface area contributed by atoms with Crippen molar-refractivity contribution in [2.24, 2.45) is 0 Å². The van der Waals surface area contributed by atoms with Crippen LogP contribution in [0.3, 0.4) is 0 Å². The summed E-state index contributed by atoms with van der Waals surface area (Å²) >= 11 is 0. The molecule has 3 nitrogen and oxygen atoms in total. The Hall–Kier alpha value is -1.09. The van der Waals surface area contributed by atoms with Crippen molar-refractivity contribution < 1.29 is 9.47 Å². The van der Waals surface area contributed by atoms with Gasteiger partial charge in [0.1, 0.15) is 0 Å². The van der Waals surface area contributed by atoms with E-state index in [1.54, 1.807) is 20.4 Å². The van der Waals surface area contributed by atoms with Crippen molar-refractivity contribution in [3.05, 3.63) is 23.9 Å². The number of rotatable bonds is 3. The smallest absolute Gasteiger partial charge is 0.212 e. The van der Waals surface area contributed by atoms with Gasteiger partial charge >= 0.3 is 0 Å². The van der Waals surface area contributed by atoms with Crippen LogP contribution in [0.25, 0.3) is 0 Å². The molecule has 0 aliphatic carbocycles. The van der Waals surface area contributed by atoms with Gasteiger partial charge in [-0.1, -0.05) is 0 Å². The van der Waals surface area contributed by atoms with Crippen LogP contribution in [-0.4, -0.2) is 19.2 Å². The summed E-state index contributed by atoms with van der Waals surface area (Å²) < 4.78 is 10.1. The van der Waals surface area contributed by atoms with Crippen LogP contribution in [0.2, 0.25) is 0 Å². The van der Waals surface area contributed by atoms with E-state index in [9.17, 15) is 0 Å². The first kappa shape index (κ1) is 9.00. The lowest BCUT2D eigenvalue weighted by Gasteiger charge is -2.08. The average Bonchev–Trinajstić information content (AvgIpc) is 2.17. The van der Waals surface area contributed by atoms with Gasteiger partial charge in [0.2, 0.25) is 5.88 Å². The van der Waals surface area contributed by atoms with E-state index in [0.717, 1.165) is 5.56 Å². The van der Waals surface area contributed by atoms with Crippen molar-refractivity contribution in [3.8, 4) is 5.88 Å². The van der Waals surface area contributed by atoms with E-state index in [1.165, 1.54) is 0 Å². The van der Waals surface area contributed by atoms with E-state index >= 15 is 0 Å². The summed E-state index contributed by atoms with van der Waals surface area (Å²) in [6, 6.07) is 3.77. The van der Waals surface area contributed by atoms with Gasteiger partial charge < -0.3 is 9.47 Å². The maximum atomic E-state index is 5.13. The lowest BCUT2D eigenvalue weighted by Crippen LogP contribution is -1.96. The molecule has 0 N–H and O–H groups in total. The van der Waals surface area contributed by atoms with Gasteiger partial charge in [-0.15, -0.1) is 0 Å². The second kappa shape index (κ2) is 4.07. The highest BCUT2D eigenvalue weighted by molar-refractivity contribution is 5.19. The van der Waals surface area contributed by atoms with Crippen LogP contribution in [0.4, 0.5) is 0 Å². The standard InChI is InChI=1S/C9H13NO2/c1-7(11-2)8-4-5-9(12-3)10-6-8/h4-7H,1-3H3/t7-/m0/s1. The summed E-state index contributed by atoms with van der Waals surface area (Å²) in [5, 5.41) is 0. The third-order valence-electron chi connectivity index (χ3n) is 1.79. The lowest BCUT2D eigenvalue weighted by molar-refractivity contribution is 0.119. The number of hydrogen-bond donors (Lipinski definition) is 0. The molecule has 1 aromatic heterocycles. The molecule has 1 heterocycles. The molecule has 0 saturated heterocycles. The van der Waals surface area contributed by atoms with Crippen LogP contribution in [0, 0.1) is 0 Å². The van der Waals surface area contributed by atoms with Crippen LogP contribution >= 0.6 is 0 Å². The van der Waals surface area contributed by atoms with Gasteiger partial charge in [0, 0.05) is 19.4 Å². The predicted molar refractivity (Wildman–Crippen MR) is 46.2 cm³/mol. The Bertz CT molecular complexity index is 233. The third kappa shape index (κ3) is 1.95. The number of ether oxygens (including phenoxy) is 2. The Balaban J connectivity index is 2.77. The fraction of sp³-hybridized carbons (Fsp3) is 0.444. The fourth-order valence-corrected chi connectivity index (χ4v) is 0.889. The van der Waals surface area contributed by atoms with E-state index < -0.39 is 0 Å². The van der Waals surface area contributed by atoms with Gasteiger partial charge in [-0.2, -0.15) is 0 Å². The molecule has 1 atom stereocenters. The van der Waals surface area contributed by atoms with Crippen molar-refractivity contribution in [1.29, 1.82) is 0 Å². The van der Waals surface area contributed by atoms with E-state index in [0.29, 0.717) is 5.88 Å². The maximum absolute atomic E-state index is 5.13. The highest BCUT2D eigenvalue weighted by atomic mass is 16.5. The largest absolute Gasteiger partial charge is 0.481 e. The molecule has 66 valence electrons. The fourth-order valence-electron chi connectivity index (χ4n) is 0.889. The van der Waals surface area contributed by atoms with Crippen LogP contribution in [0.15, 0.2) is 18.3 Å². The molecular weight excluding hydrogens is 154 g/mol. The quantitative estimate of drug-likeness (QED) is 0.687. The maximum Gasteiger partial charge on any atom is 0.212 e. The Labute approximate surface area is 72.3 Å². The first-order valence-corrected chi connectivity index (χ1v) is 3.80. The summed E-state index contributed by atoms with van der Waals surface area (Å²) in [5.41, 5.74) is 1.05. The SMILES string of the molecule is COc1ccc([C@H](C)OC)cn1. The molecule has 0 radical (unpaired) electrons. The number of aromatic nitrogens is 1. The van der Waals surface area contributed by atoms with Gasteiger partial charge in [0.05, 0.1) is 13.2 Å². The number of pyridine rings is 1. The van der Waals surface area contributed by atoms with E-state index in [2.05, 4.69) is 4.98 Å². The molecule has 0 aliphatic heterocycles. The molecule has 0 amide bonds. The van der Waals surface area contributed by atoms with Crippen molar-refractivity contribution in [2.75, 3.05) is 14.2 Å². The molecule has 0 aromatic carbocycles. The van der Waals surface area contributed by atoms with Gasteiger partial charge in [-0.25, -0.2) is 4.98 Å². The normalized spacial score (nSPS) is 12.6. The van der Waals surface area contributed by atoms with E-state index in [1.807, 2.05) is 19.1 Å². The molecule has 1 aromatic rings. The average molecular weight is 167 g/mol. The predicted octanol–water partition coefficient (Wildman–Crippen LogP) is 1.80. The zero-order chi connectivity index (χ0) is 8.97. The molecule has 1 rings (SSSR count). The zero-order valence-electron chi connectivity index (χ0n) is 7.57. The highest BCUT2D eigenvalue weighted by Gasteiger charge is 2.03. The molecule has 0 spiro atoms. The van der Waals surface area contributed by atoms with Crippen LogP contribution < -0.4 is 4.74 Å². The van der Waals surface area contributed by atoms with Crippen molar-refractivity contribution in [2.45, 2.75) is 13.0 Å². The van der Waals surface area contributed by atoms with Gasteiger partial charge in [-0.05, 0) is 18.6 Å². The Morgan fingerprint density at radius 1 is 1.33 bits per heavy atom. The first-order valence-electron chi connectivity index (χ1n) is 3.80. The molecular formula is C9H13NO2. The second-order valence-electron chi connectivity index (χ2n) is 2.51. The lowest BCUT2D eigenvalue weighted by atomic mass is 10.2. The number of methoxy groups -OCH3 is 2. The first-order chi connectivity index (χ1) is 5.77. The number of hydrogen-bond acceptors (Lipinski definition) is 3. The van der Waals surface area contributed by atoms with Crippen molar-refractivity contribution in [3.63, 3.8) is 0 Å². The topological polar surface area (TPSA) is 31.4 Å². The molecule has 0 unspecified atom stereocenters. The molecule has 0 bridgehead atoms. The van der Waals surface area contributed by atoms with Crippen molar-refractivity contribution in [1.82, 2.24) is 4.98 Å². The summed E-state index contributed by atoms with van der Waals surface area (Å²) in [7, 11) is 3.27. The molecule has 0 fully saturated rings. The molecule has 3 heteroatoms. The molecule has 0 saturated carbocycles. The second-order valence-corrected chi connectivity index (χ2v) is 2.51.